The number of carbonyl (C=O) groups excluding carboxylic acids is 2. The molecule has 1 heterocycles. The van der Waals surface area contributed by atoms with E-state index in [0.717, 1.165) is 23.3 Å². The second-order valence-corrected chi connectivity index (χ2v) is 7.45. The third-order valence-corrected chi connectivity index (χ3v) is 5.10. The zero-order chi connectivity index (χ0) is 25.1. The van der Waals surface area contributed by atoms with E-state index >= 15 is 0 Å². The van der Waals surface area contributed by atoms with Gasteiger partial charge in [-0.15, -0.1) is 0 Å². The second-order valence-electron chi connectivity index (χ2n) is 7.45. The Bertz CT molecular complexity index is 1090. The van der Waals surface area contributed by atoms with E-state index < -0.39 is 29.7 Å². The molecule has 2 rings (SSSR count). The molecule has 0 atom stereocenters. The summed E-state index contributed by atoms with van der Waals surface area (Å²) in [6, 6.07) is 7.29. The minimum absolute atomic E-state index is 0.0352. The van der Waals surface area contributed by atoms with Crippen LogP contribution in [0.25, 0.3) is 0 Å². The largest absolute Gasteiger partial charge is 0.482 e. The number of methoxy groups -OCH3 is 1. The number of nitrogen functional groups attached to an aromatic ring is 1. The van der Waals surface area contributed by atoms with Gasteiger partial charge in [0.05, 0.1) is 6.61 Å². The van der Waals surface area contributed by atoms with Crippen LogP contribution in [0, 0.1) is 0 Å². The lowest BCUT2D eigenvalue weighted by atomic mass is 10.1. The number of hydrogen-bond donors (Lipinski definition) is 2. The van der Waals surface area contributed by atoms with Crippen molar-refractivity contribution in [3.63, 3.8) is 0 Å². The van der Waals surface area contributed by atoms with Gasteiger partial charge in [-0.2, -0.15) is 0 Å². The Hall–Kier alpha value is -3.60. The summed E-state index contributed by atoms with van der Waals surface area (Å²) in [5.41, 5.74) is 5.38. The van der Waals surface area contributed by atoms with Gasteiger partial charge < -0.3 is 19.9 Å². The third kappa shape index (κ3) is 6.95. The SMILES string of the molecule is CCCCn1c(N)c(N(CCOC)C(=O)COC(=O)COc2ccccc2CC)c(=O)[nH]c1=O. The number of unbranched alkanes of at least 4 members (excludes halogenated alkanes) is 1. The van der Waals surface area contributed by atoms with Gasteiger partial charge in [-0.25, -0.2) is 9.59 Å². The highest BCUT2D eigenvalue weighted by atomic mass is 16.6. The number of nitrogens with zero attached hydrogens (tertiary/aromatic N) is 2. The van der Waals surface area contributed by atoms with Crippen LogP contribution in [0.5, 0.6) is 5.75 Å². The Morgan fingerprint density at radius 1 is 1.15 bits per heavy atom. The van der Waals surface area contributed by atoms with Crippen LogP contribution < -0.4 is 26.6 Å². The molecule has 186 valence electrons. The number of rotatable bonds is 13. The number of aromatic amines is 1. The molecule has 1 aromatic heterocycles. The van der Waals surface area contributed by atoms with Crippen molar-refractivity contribution in [2.45, 2.75) is 39.7 Å². The van der Waals surface area contributed by atoms with Crippen molar-refractivity contribution in [3.05, 3.63) is 50.7 Å². The highest BCUT2D eigenvalue weighted by Crippen LogP contribution is 2.19. The van der Waals surface area contributed by atoms with Crippen molar-refractivity contribution in [3.8, 4) is 5.75 Å². The number of nitrogens with two attached hydrogens (primary N) is 1. The fraction of sp³-hybridized carbons (Fsp3) is 0.478. The van der Waals surface area contributed by atoms with E-state index in [1.54, 1.807) is 12.1 Å². The number of H-pyrrole nitrogens is 1. The second kappa shape index (κ2) is 13.2. The summed E-state index contributed by atoms with van der Waals surface area (Å²) in [5, 5.41) is 0. The summed E-state index contributed by atoms with van der Waals surface area (Å²) in [6.45, 7) is 3.22. The Morgan fingerprint density at radius 2 is 1.88 bits per heavy atom. The number of benzene rings is 1. The van der Waals surface area contributed by atoms with Crippen molar-refractivity contribution < 1.29 is 23.8 Å². The molecule has 34 heavy (non-hydrogen) atoms. The smallest absolute Gasteiger partial charge is 0.344 e. The molecule has 1 aromatic carbocycles. The Labute approximate surface area is 197 Å². The lowest BCUT2D eigenvalue weighted by Gasteiger charge is -2.24. The number of anilines is 2. The molecule has 0 aliphatic heterocycles. The van der Waals surface area contributed by atoms with Gasteiger partial charge in [0.1, 0.15) is 11.6 Å². The van der Waals surface area contributed by atoms with Crippen LogP contribution in [0.3, 0.4) is 0 Å². The number of amides is 1. The predicted octanol–water partition coefficient (Wildman–Crippen LogP) is 1.08. The van der Waals surface area contributed by atoms with Crippen molar-refractivity contribution in [2.24, 2.45) is 0 Å². The van der Waals surface area contributed by atoms with E-state index in [-0.39, 0.29) is 37.8 Å². The van der Waals surface area contributed by atoms with Crippen molar-refractivity contribution in [2.75, 3.05) is 44.1 Å². The van der Waals surface area contributed by atoms with Gasteiger partial charge in [0.15, 0.2) is 18.9 Å². The van der Waals surface area contributed by atoms with Gasteiger partial charge in [-0.05, 0) is 24.5 Å². The molecular formula is C23H32N4O7. The standard InChI is InChI=1S/C23H32N4O7/c1-4-6-11-27-21(24)20(22(30)25-23(27)31)26(12-13-32-3)18(28)14-34-19(29)15-33-17-10-8-7-9-16(17)5-2/h7-10H,4-6,11-15,24H2,1-3H3,(H,25,30,31). The first-order chi connectivity index (χ1) is 16.3. The van der Waals surface area contributed by atoms with Crippen molar-refractivity contribution in [1.82, 2.24) is 9.55 Å². The maximum atomic E-state index is 12.9. The van der Waals surface area contributed by atoms with Gasteiger partial charge in [-0.3, -0.25) is 24.0 Å². The lowest BCUT2D eigenvalue weighted by molar-refractivity contribution is -0.149. The number of ether oxygens (including phenoxy) is 3. The van der Waals surface area contributed by atoms with E-state index in [1.165, 1.54) is 11.7 Å². The first-order valence-corrected chi connectivity index (χ1v) is 11.1. The number of hydrogen-bond acceptors (Lipinski definition) is 8. The Kier molecular flexibility index (Phi) is 10.3. The number of aromatic nitrogens is 2. The topological polar surface area (TPSA) is 146 Å². The summed E-state index contributed by atoms with van der Waals surface area (Å²) in [4.78, 5) is 53.0. The van der Waals surface area contributed by atoms with Gasteiger partial charge in [0.2, 0.25) is 0 Å². The van der Waals surface area contributed by atoms with E-state index in [4.69, 9.17) is 19.9 Å². The lowest BCUT2D eigenvalue weighted by Crippen LogP contribution is -2.44. The van der Waals surface area contributed by atoms with Crippen LogP contribution >= 0.6 is 0 Å². The molecule has 0 aliphatic rings. The highest BCUT2D eigenvalue weighted by molar-refractivity contribution is 5.97. The minimum atomic E-state index is -0.814. The van der Waals surface area contributed by atoms with Gasteiger partial charge in [0.25, 0.3) is 11.5 Å². The van der Waals surface area contributed by atoms with Gasteiger partial charge in [-0.1, -0.05) is 38.5 Å². The molecule has 0 fully saturated rings. The average molecular weight is 477 g/mol. The molecule has 0 unspecified atom stereocenters. The highest BCUT2D eigenvalue weighted by Gasteiger charge is 2.25. The first-order valence-electron chi connectivity index (χ1n) is 11.1. The van der Waals surface area contributed by atoms with Crippen LogP contribution in [0.4, 0.5) is 11.5 Å². The zero-order valence-electron chi connectivity index (χ0n) is 19.8. The molecule has 2 aromatic rings. The van der Waals surface area contributed by atoms with Crippen LogP contribution in [0.15, 0.2) is 33.9 Å². The van der Waals surface area contributed by atoms with E-state index in [1.807, 2.05) is 26.0 Å². The monoisotopic (exact) mass is 476 g/mol. The van der Waals surface area contributed by atoms with Crippen molar-refractivity contribution >= 4 is 23.4 Å². The molecule has 0 saturated carbocycles. The molecule has 11 heteroatoms. The van der Waals surface area contributed by atoms with Crippen LogP contribution in [0.1, 0.15) is 32.3 Å². The van der Waals surface area contributed by atoms with Crippen LogP contribution in [-0.2, 0) is 32.0 Å². The molecule has 0 aliphatic carbocycles. The Balaban J connectivity index is 2.14. The molecular weight excluding hydrogens is 444 g/mol. The summed E-state index contributed by atoms with van der Waals surface area (Å²) in [6.07, 6.45) is 2.18. The number of aryl methyl sites for hydroxylation is 1. The third-order valence-electron chi connectivity index (χ3n) is 5.10. The fourth-order valence-corrected chi connectivity index (χ4v) is 3.26. The number of carbonyl (C=O) groups is 2. The number of esters is 1. The molecule has 0 bridgehead atoms. The average Bonchev–Trinajstić information content (AvgIpc) is 2.83. The van der Waals surface area contributed by atoms with Gasteiger partial charge >= 0.3 is 11.7 Å². The van der Waals surface area contributed by atoms with E-state index in [9.17, 15) is 19.2 Å². The fourth-order valence-electron chi connectivity index (χ4n) is 3.26. The molecule has 11 nitrogen and oxygen atoms in total. The van der Waals surface area contributed by atoms with Gasteiger partial charge in [0, 0.05) is 20.2 Å². The maximum Gasteiger partial charge on any atom is 0.344 e. The molecule has 0 saturated heterocycles. The summed E-state index contributed by atoms with van der Waals surface area (Å²) >= 11 is 0. The Morgan fingerprint density at radius 3 is 2.56 bits per heavy atom. The summed E-state index contributed by atoms with van der Waals surface area (Å²) < 4.78 is 16.8. The molecule has 0 radical (unpaired) electrons. The molecule has 3 N–H and O–H groups in total. The van der Waals surface area contributed by atoms with Crippen LogP contribution in [0.2, 0.25) is 0 Å². The molecule has 1 amide bonds. The zero-order valence-corrected chi connectivity index (χ0v) is 19.8. The summed E-state index contributed by atoms with van der Waals surface area (Å²) in [5.74, 6) is -1.03. The van der Waals surface area contributed by atoms with Crippen LogP contribution in [-0.4, -0.2) is 54.9 Å². The number of nitrogens with one attached hydrogen (secondary N) is 1. The predicted molar refractivity (Wildman–Crippen MR) is 127 cm³/mol. The minimum Gasteiger partial charge on any atom is -0.482 e. The first kappa shape index (κ1) is 26.7. The number of para-hydroxylation sites is 1. The normalized spacial score (nSPS) is 10.7. The van der Waals surface area contributed by atoms with Crippen molar-refractivity contribution in [1.29, 1.82) is 0 Å². The van der Waals surface area contributed by atoms with E-state index in [2.05, 4.69) is 4.98 Å². The molecule has 0 spiro atoms. The maximum absolute atomic E-state index is 12.9. The van der Waals surface area contributed by atoms with E-state index in [0.29, 0.717) is 12.2 Å². The quantitative estimate of drug-likeness (QED) is 0.409. The summed E-state index contributed by atoms with van der Waals surface area (Å²) in [7, 11) is 1.43.